The molecule has 1 rings (SSSR count). The topological polar surface area (TPSA) is 77.2 Å². The molecule has 0 aliphatic heterocycles. The monoisotopic (exact) mass is 305 g/mol. The summed E-state index contributed by atoms with van der Waals surface area (Å²) in [5.74, 6) is -0.415. The van der Waals surface area contributed by atoms with Crippen LogP contribution in [0.25, 0.3) is 0 Å². The second-order valence-electron chi connectivity index (χ2n) is 3.53. The van der Waals surface area contributed by atoms with E-state index in [4.69, 9.17) is 5.73 Å². The zero-order chi connectivity index (χ0) is 12.3. The van der Waals surface area contributed by atoms with E-state index in [1.807, 2.05) is 0 Å². The van der Waals surface area contributed by atoms with E-state index in [1.54, 1.807) is 18.2 Å². The molecule has 0 amide bonds. The highest BCUT2D eigenvalue weighted by Crippen LogP contribution is 2.19. The fourth-order valence-corrected chi connectivity index (χ4v) is 2.10. The molecule has 0 spiro atoms. The molecule has 0 aliphatic carbocycles. The van der Waals surface area contributed by atoms with E-state index < -0.39 is 9.84 Å². The van der Waals surface area contributed by atoms with Crippen LogP contribution in [0.15, 0.2) is 22.7 Å². The number of nitrogen functional groups attached to an aromatic ring is 1. The van der Waals surface area contributed by atoms with Gasteiger partial charge in [0.25, 0.3) is 0 Å². The maximum Gasteiger partial charge on any atom is 0.165 e. The van der Waals surface area contributed by atoms with Gasteiger partial charge in [0, 0.05) is 28.4 Å². The van der Waals surface area contributed by atoms with Gasteiger partial charge in [-0.1, -0.05) is 15.9 Å². The minimum Gasteiger partial charge on any atom is -0.398 e. The average molecular weight is 306 g/mol. The first kappa shape index (κ1) is 13.2. The molecule has 0 heterocycles. The van der Waals surface area contributed by atoms with Gasteiger partial charge in [0.15, 0.2) is 5.78 Å². The van der Waals surface area contributed by atoms with Crippen LogP contribution >= 0.6 is 15.9 Å². The van der Waals surface area contributed by atoms with E-state index in [2.05, 4.69) is 15.9 Å². The molecule has 0 radical (unpaired) electrons. The minimum absolute atomic E-state index is 0.0422. The Morgan fingerprint density at radius 2 is 2.06 bits per heavy atom. The third-order valence-corrected chi connectivity index (χ3v) is 3.45. The van der Waals surface area contributed by atoms with Gasteiger partial charge in [0.2, 0.25) is 0 Å². The number of hydrogen-bond donors (Lipinski definition) is 1. The molecule has 1 aromatic rings. The molecule has 4 nitrogen and oxygen atoms in total. The van der Waals surface area contributed by atoms with Crippen LogP contribution in [0.2, 0.25) is 0 Å². The number of sulfone groups is 1. The van der Waals surface area contributed by atoms with Crippen molar-refractivity contribution in [2.75, 3.05) is 17.7 Å². The van der Waals surface area contributed by atoms with Crippen LogP contribution in [-0.2, 0) is 9.84 Å². The van der Waals surface area contributed by atoms with E-state index in [9.17, 15) is 13.2 Å². The van der Waals surface area contributed by atoms with Crippen molar-refractivity contribution in [3.05, 3.63) is 28.2 Å². The number of ketones is 1. The number of benzene rings is 1. The molecular weight excluding hydrogens is 294 g/mol. The van der Waals surface area contributed by atoms with Gasteiger partial charge in [-0.15, -0.1) is 0 Å². The van der Waals surface area contributed by atoms with Crippen LogP contribution in [0, 0.1) is 0 Å². The van der Waals surface area contributed by atoms with Gasteiger partial charge in [-0.3, -0.25) is 4.79 Å². The summed E-state index contributed by atoms with van der Waals surface area (Å²) in [6.45, 7) is 0. The predicted molar refractivity (Wildman–Crippen MR) is 67.2 cm³/mol. The molecule has 0 saturated heterocycles. The number of anilines is 1. The SMILES string of the molecule is CS(=O)(=O)CCC(=O)c1cc(Br)ccc1N. The molecule has 0 fully saturated rings. The Hall–Kier alpha value is -0.880. The quantitative estimate of drug-likeness (QED) is 0.678. The number of hydrogen-bond acceptors (Lipinski definition) is 4. The van der Waals surface area contributed by atoms with Crippen LogP contribution in [-0.4, -0.2) is 26.2 Å². The smallest absolute Gasteiger partial charge is 0.165 e. The average Bonchev–Trinajstić information content (AvgIpc) is 2.17. The summed E-state index contributed by atoms with van der Waals surface area (Å²) in [5, 5.41) is 0. The van der Waals surface area contributed by atoms with Crippen molar-refractivity contribution in [2.24, 2.45) is 0 Å². The zero-order valence-electron chi connectivity index (χ0n) is 8.73. The van der Waals surface area contributed by atoms with E-state index in [-0.39, 0.29) is 18.0 Å². The Bertz CT molecular complexity index is 511. The number of Topliss-reactive ketones (excluding diaryl/α,β-unsaturated/α-hetero) is 1. The largest absolute Gasteiger partial charge is 0.398 e. The van der Waals surface area contributed by atoms with Gasteiger partial charge < -0.3 is 5.73 Å². The maximum atomic E-state index is 11.7. The Morgan fingerprint density at radius 1 is 1.44 bits per heavy atom. The zero-order valence-corrected chi connectivity index (χ0v) is 11.1. The molecule has 16 heavy (non-hydrogen) atoms. The van der Waals surface area contributed by atoms with Gasteiger partial charge in [-0.05, 0) is 18.2 Å². The molecule has 2 N–H and O–H groups in total. The van der Waals surface area contributed by atoms with Gasteiger partial charge in [0.1, 0.15) is 9.84 Å². The lowest BCUT2D eigenvalue weighted by Crippen LogP contribution is -2.11. The molecule has 0 atom stereocenters. The summed E-state index contributed by atoms with van der Waals surface area (Å²) in [6.07, 6.45) is 1.06. The Labute approximate surface area is 103 Å². The van der Waals surface area contributed by atoms with Crippen LogP contribution in [0.4, 0.5) is 5.69 Å². The first-order valence-electron chi connectivity index (χ1n) is 4.55. The first-order chi connectivity index (χ1) is 7.29. The van der Waals surface area contributed by atoms with Gasteiger partial charge in [-0.25, -0.2) is 8.42 Å². The normalized spacial score (nSPS) is 11.4. The lowest BCUT2D eigenvalue weighted by molar-refractivity contribution is 0.0989. The molecule has 0 unspecified atom stereocenters. The Morgan fingerprint density at radius 3 is 2.62 bits per heavy atom. The van der Waals surface area contributed by atoms with E-state index in [0.717, 1.165) is 10.7 Å². The minimum atomic E-state index is -3.12. The van der Waals surface area contributed by atoms with Gasteiger partial charge >= 0.3 is 0 Å². The third-order valence-electron chi connectivity index (χ3n) is 2.02. The van der Waals surface area contributed by atoms with E-state index >= 15 is 0 Å². The molecular formula is C10H12BrNO3S. The van der Waals surface area contributed by atoms with Crippen molar-refractivity contribution < 1.29 is 13.2 Å². The molecule has 0 saturated carbocycles. The third kappa shape index (κ3) is 3.94. The number of nitrogens with two attached hydrogens (primary N) is 1. The Balaban J connectivity index is 2.85. The summed E-state index contributed by atoms with van der Waals surface area (Å²) in [6, 6.07) is 4.93. The molecule has 0 aliphatic rings. The molecule has 88 valence electrons. The lowest BCUT2D eigenvalue weighted by atomic mass is 10.1. The van der Waals surface area contributed by atoms with Crippen molar-refractivity contribution in [1.82, 2.24) is 0 Å². The fourth-order valence-electron chi connectivity index (χ4n) is 1.18. The summed E-state index contributed by atoms with van der Waals surface area (Å²) < 4.78 is 22.6. The van der Waals surface area contributed by atoms with Crippen molar-refractivity contribution in [3.63, 3.8) is 0 Å². The molecule has 1 aromatic carbocycles. The van der Waals surface area contributed by atoms with Crippen LogP contribution in [0.5, 0.6) is 0 Å². The van der Waals surface area contributed by atoms with Crippen LogP contribution in [0.1, 0.15) is 16.8 Å². The second kappa shape index (κ2) is 4.97. The van der Waals surface area contributed by atoms with Crippen LogP contribution in [0.3, 0.4) is 0 Å². The first-order valence-corrected chi connectivity index (χ1v) is 7.41. The molecule has 0 aromatic heterocycles. The highest BCUT2D eigenvalue weighted by molar-refractivity contribution is 9.10. The summed E-state index contributed by atoms with van der Waals surface area (Å²) in [5.41, 5.74) is 6.36. The lowest BCUT2D eigenvalue weighted by Gasteiger charge is -2.04. The van der Waals surface area contributed by atoms with Crippen LogP contribution < -0.4 is 5.73 Å². The molecule has 0 bridgehead atoms. The van der Waals surface area contributed by atoms with Crippen molar-refractivity contribution >= 4 is 37.2 Å². The van der Waals surface area contributed by atoms with Gasteiger partial charge in [0.05, 0.1) is 5.75 Å². The summed E-state index contributed by atoms with van der Waals surface area (Å²) in [7, 11) is -3.12. The standard InChI is InChI=1S/C10H12BrNO3S/c1-16(14,15)5-4-10(13)8-6-7(11)2-3-9(8)12/h2-3,6H,4-5,12H2,1H3. The fraction of sp³-hybridized carbons (Fsp3) is 0.300. The van der Waals surface area contributed by atoms with Crippen molar-refractivity contribution in [3.8, 4) is 0 Å². The number of rotatable bonds is 4. The summed E-state index contributed by atoms with van der Waals surface area (Å²) >= 11 is 3.23. The number of carbonyl (C=O) groups is 1. The maximum absolute atomic E-state index is 11.7. The van der Waals surface area contributed by atoms with Crippen molar-refractivity contribution in [2.45, 2.75) is 6.42 Å². The van der Waals surface area contributed by atoms with E-state index in [0.29, 0.717) is 11.3 Å². The predicted octanol–water partition coefficient (Wildman–Crippen LogP) is 1.65. The van der Waals surface area contributed by atoms with Crippen molar-refractivity contribution in [1.29, 1.82) is 0 Å². The van der Waals surface area contributed by atoms with E-state index in [1.165, 1.54) is 0 Å². The number of halogens is 1. The second-order valence-corrected chi connectivity index (χ2v) is 6.71. The van der Waals surface area contributed by atoms with Gasteiger partial charge in [-0.2, -0.15) is 0 Å². The Kier molecular flexibility index (Phi) is 4.09. The summed E-state index contributed by atoms with van der Waals surface area (Å²) in [4.78, 5) is 11.7. The molecule has 6 heteroatoms. The highest BCUT2D eigenvalue weighted by Gasteiger charge is 2.13. The highest BCUT2D eigenvalue weighted by atomic mass is 79.9. The number of carbonyl (C=O) groups excluding carboxylic acids is 1.